The number of esters is 2. The zero-order chi connectivity index (χ0) is 15.2. The van der Waals surface area contributed by atoms with Crippen LogP contribution in [-0.2, 0) is 16.1 Å². The number of aromatic hydroxyl groups is 1. The topological polar surface area (TPSA) is 72.8 Å². The molecule has 21 heavy (non-hydrogen) atoms. The van der Waals surface area contributed by atoms with Crippen molar-refractivity contribution < 1.29 is 24.2 Å². The number of hydrogen-bond donors (Lipinski definition) is 1. The molecule has 0 fully saturated rings. The summed E-state index contributed by atoms with van der Waals surface area (Å²) in [5.74, 6) is -0.863. The molecule has 0 aliphatic heterocycles. The van der Waals surface area contributed by atoms with E-state index >= 15 is 0 Å². The number of hydrogen-bond acceptors (Lipinski definition) is 5. The first-order valence-corrected chi connectivity index (χ1v) is 6.23. The van der Waals surface area contributed by atoms with Gasteiger partial charge in [-0.25, -0.2) is 9.59 Å². The van der Waals surface area contributed by atoms with Crippen LogP contribution in [0.3, 0.4) is 0 Å². The molecule has 0 unspecified atom stereocenters. The van der Waals surface area contributed by atoms with Crippen molar-refractivity contribution in [1.82, 2.24) is 0 Å². The number of carbonyl (C=O) groups is 2. The number of carbonyl (C=O) groups excluding carboxylic acids is 2. The fourth-order valence-electron chi connectivity index (χ4n) is 1.74. The number of rotatable bonds is 4. The number of ether oxygens (including phenoxy) is 2. The maximum absolute atomic E-state index is 11.8. The van der Waals surface area contributed by atoms with E-state index in [-0.39, 0.29) is 12.4 Å². The molecule has 1 N–H and O–H groups in total. The molecule has 2 aromatic carbocycles. The van der Waals surface area contributed by atoms with Gasteiger partial charge in [-0.05, 0) is 42.0 Å². The minimum atomic E-state index is -0.501. The molecular weight excluding hydrogens is 272 g/mol. The Hall–Kier alpha value is -2.82. The van der Waals surface area contributed by atoms with Gasteiger partial charge in [0.2, 0.25) is 0 Å². The largest absolute Gasteiger partial charge is 0.508 e. The Bertz CT molecular complexity index is 646. The standard InChI is InChI=1S/C16H14O5/c1-20-15(18)13-4-2-3-11(9-13)10-21-16(19)12-5-7-14(17)8-6-12/h2-9,17H,10H2,1H3. The van der Waals surface area contributed by atoms with Crippen LogP contribution >= 0.6 is 0 Å². The van der Waals surface area contributed by atoms with E-state index in [9.17, 15) is 9.59 Å². The molecule has 108 valence electrons. The number of phenolic OH excluding ortho intramolecular Hbond substituents is 1. The van der Waals surface area contributed by atoms with Crippen LogP contribution in [0.15, 0.2) is 48.5 Å². The smallest absolute Gasteiger partial charge is 0.338 e. The highest BCUT2D eigenvalue weighted by atomic mass is 16.5. The molecule has 0 radical (unpaired) electrons. The van der Waals surface area contributed by atoms with Crippen LogP contribution in [0.1, 0.15) is 26.3 Å². The third-order valence-corrected chi connectivity index (χ3v) is 2.82. The van der Waals surface area contributed by atoms with Crippen molar-refractivity contribution in [3.05, 3.63) is 65.2 Å². The number of benzene rings is 2. The van der Waals surface area contributed by atoms with Crippen LogP contribution in [0.4, 0.5) is 0 Å². The van der Waals surface area contributed by atoms with E-state index in [4.69, 9.17) is 9.84 Å². The van der Waals surface area contributed by atoms with Gasteiger partial charge in [0.1, 0.15) is 12.4 Å². The molecule has 0 aromatic heterocycles. The molecule has 0 bridgehead atoms. The molecular formula is C16H14O5. The van der Waals surface area contributed by atoms with Gasteiger partial charge in [0.05, 0.1) is 18.2 Å². The molecule has 0 saturated heterocycles. The lowest BCUT2D eigenvalue weighted by Gasteiger charge is -2.06. The summed E-state index contributed by atoms with van der Waals surface area (Å²) < 4.78 is 9.78. The summed E-state index contributed by atoms with van der Waals surface area (Å²) >= 11 is 0. The van der Waals surface area contributed by atoms with E-state index in [1.165, 1.54) is 31.4 Å². The van der Waals surface area contributed by atoms with Crippen molar-refractivity contribution in [3.8, 4) is 5.75 Å². The van der Waals surface area contributed by atoms with E-state index in [0.29, 0.717) is 16.7 Å². The Morgan fingerprint density at radius 1 is 1.00 bits per heavy atom. The Morgan fingerprint density at radius 2 is 1.71 bits per heavy atom. The summed E-state index contributed by atoms with van der Waals surface area (Å²) in [4.78, 5) is 23.2. The van der Waals surface area contributed by atoms with Crippen molar-refractivity contribution in [3.63, 3.8) is 0 Å². The number of methoxy groups -OCH3 is 1. The lowest BCUT2D eigenvalue weighted by Crippen LogP contribution is -2.06. The zero-order valence-corrected chi connectivity index (χ0v) is 11.4. The van der Waals surface area contributed by atoms with E-state index in [1.807, 2.05) is 0 Å². The first-order valence-electron chi connectivity index (χ1n) is 6.23. The van der Waals surface area contributed by atoms with E-state index in [0.717, 1.165) is 0 Å². The lowest BCUT2D eigenvalue weighted by atomic mass is 10.1. The van der Waals surface area contributed by atoms with Crippen LogP contribution in [0.25, 0.3) is 0 Å². The molecule has 0 spiro atoms. The third kappa shape index (κ3) is 3.82. The minimum absolute atomic E-state index is 0.0462. The molecule has 0 atom stereocenters. The molecule has 0 heterocycles. The Labute approximate surface area is 121 Å². The monoisotopic (exact) mass is 286 g/mol. The summed E-state index contributed by atoms with van der Waals surface area (Å²) in [6.07, 6.45) is 0. The summed E-state index contributed by atoms with van der Waals surface area (Å²) in [5, 5.41) is 9.16. The summed E-state index contributed by atoms with van der Waals surface area (Å²) in [6, 6.07) is 12.4. The molecule has 0 aliphatic rings. The predicted octanol–water partition coefficient (Wildman–Crippen LogP) is 2.54. The zero-order valence-electron chi connectivity index (χ0n) is 11.4. The van der Waals surface area contributed by atoms with Crippen LogP contribution in [0.5, 0.6) is 5.75 Å². The van der Waals surface area contributed by atoms with Gasteiger partial charge in [-0.3, -0.25) is 0 Å². The molecule has 0 saturated carbocycles. The SMILES string of the molecule is COC(=O)c1cccc(COC(=O)c2ccc(O)cc2)c1. The third-order valence-electron chi connectivity index (χ3n) is 2.82. The van der Waals surface area contributed by atoms with Crippen LogP contribution in [0.2, 0.25) is 0 Å². The van der Waals surface area contributed by atoms with Crippen molar-refractivity contribution in [1.29, 1.82) is 0 Å². The molecule has 2 rings (SSSR count). The van der Waals surface area contributed by atoms with Gasteiger partial charge in [-0.15, -0.1) is 0 Å². The van der Waals surface area contributed by atoms with Gasteiger partial charge < -0.3 is 14.6 Å². The predicted molar refractivity (Wildman–Crippen MR) is 75.0 cm³/mol. The maximum atomic E-state index is 11.8. The van der Waals surface area contributed by atoms with Gasteiger partial charge >= 0.3 is 11.9 Å². The average Bonchev–Trinajstić information content (AvgIpc) is 2.52. The second-order valence-corrected chi connectivity index (χ2v) is 4.31. The summed E-state index contributed by atoms with van der Waals surface area (Å²) in [7, 11) is 1.31. The van der Waals surface area contributed by atoms with Gasteiger partial charge in [0.15, 0.2) is 0 Å². The quantitative estimate of drug-likeness (QED) is 0.874. The highest BCUT2D eigenvalue weighted by Crippen LogP contribution is 2.12. The Kier molecular flexibility index (Phi) is 4.56. The molecule has 5 nitrogen and oxygen atoms in total. The van der Waals surface area contributed by atoms with E-state index in [2.05, 4.69) is 4.74 Å². The van der Waals surface area contributed by atoms with Crippen molar-refractivity contribution in [2.24, 2.45) is 0 Å². The molecule has 0 aliphatic carbocycles. The molecule has 0 amide bonds. The van der Waals surface area contributed by atoms with Gasteiger partial charge in [-0.1, -0.05) is 12.1 Å². The Morgan fingerprint density at radius 3 is 2.38 bits per heavy atom. The second-order valence-electron chi connectivity index (χ2n) is 4.31. The summed E-state index contributed by atoms with van der Waals surface area (Å²) in [5.41, 5.74) is 1.43. The average molecular weight is 286 g/mol. The van der Waals surface area contributed by atoms with Gasteiger partial charge in [-0.2, -0.15) is 0 Å². The van der Waals surface area contributed by atoms with Gasteiger partial charge in [0, 0.05) is 0 Å². The normalized spacial score (nSPS) is 9.95. The van der Waals surface area contributed by atoms with Crippen molar-refractivity contribution >= 4 is 11.9 Å². The van der Waals surface area contributed by atoms with Crippen LogP contribution in [0, 0.1) is 0 Å². The maximum Gasteiger partial charge on any atom is 0.338 e. The molecule has 5 heteroatoms. The fraction of sp³-hybridized carbons (Fsp3) is 0.125. The summed E-state index contributed by atoms with van der Waals surface area (Å²) in [6.45, 7) is 0.0462. The first kappa shape index (κ1) is 14.6. The molecule has 2 aromatic rings. The van der Waals surface area contributed by atoms with Crippen molar-refractivity contribution in [2.75, 3.05) is 7.11 Å². The number of phenols is 1. The minimum Gasteiger partial charge on any atom is -0.508 e. The fourth-order valence-corrected chi connectivity index (χ4v) is 1.74. The Balaban J connectivity index is 2.01. The van der Waals surface area contributed by atoms with E-state index in [1.54, 1.807) is 24.3 Å². The van der Waals surface area contributed by atoms with Crippen molar-refractivity contribution in [2.45, 2.75) is 6.61 Å². The highest BCUT2D eigenvalue weighted by Gasteiger charge is 2.09. The lowest BCUT2D eigenvalue weighted by molar-refractivity contribution is 0.0472. The second kappa shape index (κ2) is 6.56. The highest BCUT2D eigenvalue weighted by molar-refractivity contribution is 5.90. The van der Waals surface area contributed by atoms with Crippen LogP contribution < -0.4 is 0 Å². The van der Waals surface area contributed by atoms with E-state index < -0.39 is 11.9 Å². The van der Waals surface area contributed by atoms with Crippen LogP contribution in [-0.4, -0.2) is 24.2 Å². The first-order chi connectivity index (χ1) is 10.1. The van der Waals surface area contributed by atoms with Gasteiger partial charge in [0.25, 0.3) is 0 Å².